The van der Waals surface area contributed by atoms with Gasteiger partial charge in [0.05, 0.1) is 11.3 Å². The smallest absolute Gasteiger partial charge is 0.471 e. The minimum atomic E-state index is -5.28. The predicted octanol–water partition coefficient (Wildman–Crippen LogP) is 3.96. The molecule has 10 heteroatoms. The number of hydrogen-bond acceptors (Lipinski definition) is 3. The number of carbonyl (C=O) groups excluding carboxylic acids is 1. The average molecular weight is 361 g/mol. The van der Waals surface area contributed by atoms with Crippen LogP contribution in [0, 0.1) is 11.6 Å². The van der Waals surface area contributed by atoms with Gasteiger partial charge in [0.2, 0.25) is 0 Å². The molecule has 2 aromatic carbocycles. The van der Waals surface area contributed by atoms with Crippen LogP contribution in [0.15, 0.2) is 36.4 Å². The fraction of sp³-hybridized carbons (Fsp3) is 0.0667. The Labute approximate surface area is 136 Å². The largest absolute Gasteiger partial charge is 0.478 e. The number of hydrogen-bond donors (Lipinski definition) is 2. The monoisotopic (exact) mass is 361 g/mol. The molecule has 0 unspecified atom stereocenters. The number of rotatable bonds is 4. The second-order valence-corrected chi connectivity index (χ2v) is 4.64. The Balaban J connectivity index is 2.38. The van der Waals surface area contributed by atoms with Crippen LogP contribution in [0.3, 0.4) is 0 Å². The fourth-order valence-corrected chi connectivity index (χ4v) is 1.73. The maximum Gasteiger partial charge on any atom is 0.471 e. The Kier molecular flexibility index (Phi) is 4.91. The van der Waals surface area contributed by atoms with E-state index in [0.717, 1.165) is 24.3 Å². The molecule has 0 atom stereocenters. The zero-order chi connectivity index (χ0) is 18.8. The van der Waals surface area contributed by atoms with Crippen LogP contribution in [0.2, 0.25) is 0 Å². The molecule has 0 heterocycles. The molecule has 0 saturated heterocycles. The molecule has 1 amide bonds. The molecule has 0 aromatic heterocycles. The van der Waals surface area contributed by atoms with E-state index in [4.69, 9.17) is 9.84 Å². The molecule has 2 rings (SSSR count). The van der Waals surface area contributed by atoms with Crippen molar-refractivity contribution < 1.29 is 41.4 Å². The van der Waals surface area contributed by atoms with Crippen molar-refractivity contribution in [1.29, 1.82) is 0 Å². The van der Waals surface area contributed by atoms with E-state index in [2.05, 4.69) is 0 Å². The maximum atomic E-state index is 14.0. The minimum absolute atomic E-state index is 0.0382. The Hall–Kier alpha value is -3.17. The van der Waals surface area contributed by atoms with Gasteiger partial charge in [0, 0.05) is 12.1 Å². The number of aromatic carboxylic acids is 1. The Morgan fingerprint density at radius 1 is 1.04 bits per heavy atom. The van der Waals surface area contributed by atoms with E-state index >= 15 is 0 Å². The van der Waals surface area contributed by atoms with Crippen LogP contribution in [0.25, 0.3) is 0 Å². The molecule has 0 spiro atoms. The summed E-state index contributed by atoms with van der Waals surface area (Å²) in [4.78, 5) is 22.1. The summed E-state index contributed by atoms with van der Waals surface area (Å²) < 4.78 is 68.6. The summed E-state index contributed by atoms with van der Waals surface area (Å²) in [6.45, 7) is 0. The topological polar surface area (TPSA) is 75.6 Å². The van der Waals surface area contributed by atoms with E-state index in [-0.39, 0.29) is 5.75 Å². The minimum Gasteiger partial charge on any atom is -0.478 e. The standard InChI is InChI=1S/C15H8F5NO4/c16-7-1-3-8(4-2-7)25-12-5-9(13(22)23)11(6-10(12)17)21-14(24)15(18,19)20/h1-6H,(H,21,24)(H,22,23). The van der Waals surface area contributed by atoms with Crippen molar-refractivity contribution in [1.82, 2.24) is 0 Å². The molecule has 5 nitrogen and oxygen atoms in total. The van der Waals surface area contributed by atoms with Crippen LogP contribution in [0.5, 0.6) is 11.5 Å². The number of carboxylic acids is 1. The third kappa shape index (κ3) is 4.43. The summed E-state index contributed by atoms with van der Waals surface area (Å²) in [7, 11) is 0. The van der Waals surface area contributed by atoms with Crippen LogP contribution in [0.1, 0.15) is 10.4 Å². The summed E-state index contributed by atoms with van der Waals surface area (Å²) in [5.41, 5.74) is -1.71. The number of anilines is 1. The van der Waals surface area contributed by atoms with Crippen molar-refractivity contribution in [3.8, 4) is 11.5 Å². The van der Waals surface area contributed by atoms with Crippen LogP contribution in [0.4, 0.5) is 27.6 Å². The van der Waals surface area contributed by atoms with Gasteiger partial charge in [-0.05, 0) is 24.3 Å². The number of ether oxygens (including phenoxy) is 1. The second kappa shape index (κ2) is 6.75. The molecular weight excluding hydrogens is 353 g/mol. The molecular formula is C15H8F5NO4. The lowest BCUT2D eigenvalue weighted by Crippen LogP contribution is -2.30. The normalized spacial score (nSPS) is 11.1. The number of amides is 1. The van der Waals surface area contributed by atoms with Crippen LogP contribution < -0.4 is 10.1 Å². The SMILES string of the molecule is O=C(O)c1cc(Oc2ccc(F)cc2)c(F)cc1NC(=O)C(F)(F)F. The van der Waals surface area contributed by atoms with E-state index in [9.17, 15) is 31.5 Å². The molecule has 0 aliphatic heterocycles. The van der Waals surface area contributed by atoms with E-state index in [1.54, 1.807) is 0 Å². The molecule has 0 radical (unpaired) electrons. The zero-order valence-electron chi connectivity index (χ0n) is 12.0. The third-order valence-corrected chi connectivity index (χ3v) is 2.85. The van der Waals surface area contributed by atoms with Crippen molar-refractivity contribution in [3.63, 3.8) is 0 Å². The second-order valence-electron chi connectivity index (χ2n) is 4.64. The quantitative estimate of drug-likeness (QED) is 0.809. The van der Waals surface area contributed by atoms with E-state index in [1.807, 2.05) is 0 Å². The van der Waals surface area contributed by atoms with E-state index < -0.39 is 46.7 Å². The third-order valence-electron chi connectivity index (χ3n) is 2.85. The summed E-state index contributed by atoms with van der Waals surface area (Å²) in [6, 6.07) is 5.26. The van der Waals surface area contributed by atoms with Crippen molar-refractivity contribution in [2.45, 2.75) is 6.18 Å². The molecule has 25 heavy (non-hydrogen) atoms. The van der Waals surface area contributed by atoms with Crippen LogP contribution in [-0.2, 0) is 4.79 Å². The first-order valence-corrected chi connectivity index (χ1v) is 6.46. The lowest BCUT2D eigenvalue weighted by Gasteiger charge is -2.13. The summed E-state index contributed by atoms with van der Waals surface area (Å²) in [6.07, 6.45) is -5.28. The fourth-order valence-electron chi connectivity index (χ4n) is 1.73. The zero-order valence-corrected chi connectivity index (χ0v) is 12.0. The van der Waals surface area contributed by atoms with Gasteiger partial charge in [-0.2, -0.15) is 13.2 Å². The van der Waals surface area contributed by atoms with Gasteiger partial charge in [-0.3, -0.25) is 4.79 Å². The number of nitrogens with one attached hydrogen (secondary N) is 1. The highest BCUT2D eigenvalue weighted by molar-refractivity contribution is 6.02. The molecule has 0 aliphatic carbocycles. The van der Waals surface area contributed by atoms with Crippen LogP contribution >= 0.6 is 0 Å². The van der Waals surface area contributed by atoms with Gasteiger partial charge >= 0.3 is 18.1 Å². The molecule has 0 fully saturated rings. The predicted molar refractivity (Wildman–Crippen MR) is 74.5 cm³/mol. The molecule has 2 aromatic rings. The lowest BCUT2D eigenvalue weighted by molar-refractivity contribution is -0.167. The highest BCUT2D eigenvalue weighted by Crippen LogP contribution is 2.31. The van der Waals surface area contributed by atoms with Gasteiger partial charge in [0.1, 0.15) is 11.6 Å². The number of benzene rings is 2. The first-order chi connectivity index (χ1) is 11.6. The molecule has 0 aliphatic rings. The lowest BCUT2D eigenvalue weighted by atomic mass is 10.1. The summed E-state index contributed by atoms with van der Waals surface area (Å²) >= 11 is 0. The average Bonchev–Trinajstić information content (AvgIpc) is 2.50. The van der Waals surface area contributed by atoms with Crippen molar-refractivity contribution in [3.05, 3.63) is 53.6 Å². The number of carboxylic acid groups (broad SMARTS) is 1. The van der Waals surface area contributed by atoms with E-state index in [1.165, 1.54) is 5.32 Å². The Morgan fingerprint density at radius 3 is 2.16 bits per heavy atom. The highest BCUT2D eigenvalue weighted by Gasteiger charge is 2.39. The molecule has 0 saturated carbocycles. The molecule has 0 bridgehead atoms. The van der Waals surface area contributed by atoms with Crippen molar-refractivity contribution in [2.24, 2.45) is 0 Å². The van der Waals surface area contributed by atoms with Crippen LogP contribution in [-0.4, -0.2) is 23.2 Å². The van der Waals surface area contributed by atoms with E-state index in [0.29, 0.717) is 12.1 Å². The molecule has 132 valence electrons. The highest BCUT2D eigenvalue weighted by atomic mass is 19.4. The number of halogens is 5. The van der Waals surface area contributed by atoms with Crippen molar-refractivity contribution in [2.75, 3.05) is 5.32 Å². The summed E-state index contributed by atoms with van der Waals surface area (Å²) in [5, 5.41) is 10.3. The van der Waals surface area contributed by atoms with Gasteiger partial charge in [-0.25, -0.2) is 13.6 Å². The van der Waals surface area contributed by atoms with Gasteiger partial charge in [-0.15, -0.1) is 0 Å². The summed E-state index contributed by atoms with van der Waals surface area (Å²) in [5.74, 6) is -6.67. The first kappa shape index (κ1) is 18.2. The van der Waals surface area contributed by atoms with Gasteiger partial charge < -0.3 is 15.2 Å². The molecule has 2 N–H and O–H groups in total. The Morgan fingerprint density at radius 2 is 1.64 bits per heavy atom. The first-order valence-electron chi connectivity index (χ1n) is 6.46. The Bertz CT molecular complexity index is 818. The van der Waals surface area contributed by atoms with Gasteiger partial charge in [0.25, 0.3) is 0 Å². The van der Waals surface area contributed by atoms with Gasteiger partial charge in [-0.1, -0.05) is 0 Å². The maximum absolute atomic E-state index is 14.0. The van der Waals surface area contributed by atoms with Crippen molar-refractivity contribution >= 4 is 17.6 Å². The number of carbonyl (C=O) groups is 2. The number of alkyl halides is 3. The van der Waals surface area contributed by atoms with Gasteiger partial charge in [0.15, 0.2) is 11.6 Å².